The van der Waals surface area contributed by atoms with Gasteiger partial charge >= 0.3 is 0 Å². The van der Waals surface area contributed by atoms with Gasteiger partial charge in [-0.2, -0.15) is 0 Å². The molecule has 0 atom stereocenters. The highest BCUT2D eigenvalue weighted by Gasteiger charge is 2.13. The van der Waals surface area contributed by atoms with Crippen LogP contribution < -0.4 is 0 Å². The van der Waals surface area contributed by atoms with Gasteiger partial charge < -0.3 is 4.42 Å². The number of hydrogen-bond donors (Lipinski definition) is 0. The minimum Gasteiger partial charge on any atom is -0.420 e. The van der Waals surface area contributed by atoms with Crippen molar-refractivity contribution in [3.63, 3.8) is 0 Å². The van der Waals surface area contributed by atoms with E-state index >= 15 is 0 Å². The lowest BCUT2D eigenvalue weighted by Crippen LogP contribution is -1.85. The molecule has 0 bridgehead atoms. The molecule has 1 heterocycles. The minimum absolute atomic E-state index is 0.254. The van der Waals surface area contributed by atoms with E-state index < -0.39 is 0 Å². The van der Waals surface area contributed by atoms with Gasteiger partial charge in [0.05, 0.1) is 5.56 Å². The van der Waals surface area contributed by atoms with Crippen LogP contribution in [0.25, 0.3) is 11.5 Å². The van der Waals surface area contributed by atoms with Gasteiger partial charge in [-0.1, -0.05) is 25.5 Å². The molecule has 1 aromatic heterocycles. The van der Waals surface area contributed by atoms with E-state index in [2.05, 4.69) is 26.1 Å². The summed E-state index contributed by atoms with van der Waals surface area (Å²) in [6, 6.07) is 6.05. The summed E-state index contributed by atoms with van der Waals surface area (Å²) in [7, 11) is 0. The number of aromatic nitrogens is 2. The van der Waals surface area contributed by atoms with Gasteiger partial charge in [0, 0.05) is 10.4 Å². The van der Waals surface area contributed by atoms with Gasteiger partial charge in [-0.05, 0) is 35.0 Å². The van der Waals surface area contributed by atoms with Crippen molar-refractivity contribution >= 4 is 15.9 Å². The largest absolute Gasteiger partial charge is 0.420 e. The first-order valence-corrected chi connectivity index (χ1v) is 5.97. The third kappa shape index (κ3) is 2.16. The van der Waals surface area contributed by atoms with Gasteiger partial charge in [0.15, 0.2) is 0 Å². The van der Waals surface area contributed by atoms with Crippen LogP contribution >= 0.6 is 15.9 Å². The van der Waals surface area contributed by atoms with Crippen LogP contribution in [0.15, 0.2) is 27.1 Å². The van der Waals surface area contributed by atoms with Gasteiger partial charge in [0.2, 0.25) is 11.8 Å². The Bertz CT molecular complexity index is 505. The Hall–Kier alpha value is -1.16. The molecule has 0 fully saturated rings. The zero-order valence-corrected chi connectivity index (χ0v) is 11.1. The molecule has 0 unspecified atom stereocenters. The van der Waals surface area contributed by atoms with Crippen molar-refractivity contribution < 1.29 is 4.42 Å². The van der Waals surface area contributed by atoms with Crippen LogP contribution in [0.5, 0.6) is 0 Å². The topological polar surface area (TPSA) is 38.9 Å². The summed E-state index contributed by atoms with van der Waals surface area (Å²) in [6.07, 6.45) is 0. The molecule has 0 aliphatic heterocycles. The molecule has 3 nitrogen and oxygen atoms in total. The van der Waals surface area contributed by atoms with E-state index in [0.29, 0.717) is 11.8 Å². The lowest BCUT2D eigenvalue weighted by molar-refractivity contribution is 0.481. The smallest absolute Gasteiger partial charge is 0.248 e. The van der Waals surface area contributed by atoms with Gasteiger partial charge in [-0.15, -0.1) is 10.2 Å². The van der Waals surface area contributed by atoms with Crippen molar-refractivity contribution in [2.24, 2.45) is 0 Å². The van der Waals surface area contributed by atoms with E-state index in [9.17, 15) is 0 Å². The predicted molar refractivity (Wildman–Crippen MR) is 66.3 cm³/mol. The molecule has 0 aliphatic carbocycles. The summed E-state index contributed by atoms with van der Waals surface area (Å²) >= 11 is 3.49. The van der Waals surface area contributed by atoms with Gasteiger partial charge in [0.1, 0.15) is 0 Å². The average Bonchev–Trinajstić information content (AvgIpc) is 2.70. The molecular weight excluding hydrogens is 268 g/mol. The van der Waals surface area contributed by atoms with Gasteiger partial charge in [-0.25, -0.2) is 0 Å². The Morgan fingerprint density at radius 1 is 1.25 bits per heavy atom. The third-order valence-electron chi connectivity index (χ3n) is 2.29. The maximum absolute atomic E-state index is 5.61. The molecule has 0 radical (unpaired) electrons. The molecule has 2 aromatic rings. The van der Waals surface area contributed by atoms with Crippen molar-refractivity contribution in [3.8, 4) is 11.5 Å². The van der Waals surface area contributed by atoms with Crippen molar-refractivity contribution in [3.05, 3.63) is 34.1 Å². The van der Waals surface area contributed by atoms with Crippen LogP contribution in [-0.4, -0.2) is 10.2 Å². The number of benzene rings is 1. The third-order valence-corrected chi connectivity index (χ3v) is 2.98. The zero-order valence-electron chi connectivity index (χ0n) is 9.49. The maximum atomic E-state index is 5.61. The molecule has 0 saturated carbocycles. The Morgan fingerprint density at radius 3 is 2.62 bits per heavy atom. The highest BCUT2D eigenvalue weighted by atomic mass is 79.9. The van der Waals surface area contributed by atoms with E-state index in [-0.39, 0.29) is 5.92 Å². The second kappa shape index (κ2) is 4.37. The Labute approximate surface area is 103 Å². The molecule has 0 N–H and O–H groups in total. The van der Waals surface area contributed by atoms with E-state index in [4.69, 9.17) is 4.42 Å². The summed E-state index contributed by atoms with van der Waals surface area (Å²) in [5.41, 5.74) is 2.11. The van der Waals surface area contributed by atoms with Gasteiger partial charge in [-0.3, -0.25) is 0 Å². The molecule has 84 valence electrons. The van der Waals surface area contributed by atoms with Crippen LogP contribution in [0.1, 0.15) is 31.2 Å². The fraction of sp³-hybridized carbons (Fsp3) is 0.333. The highest BCUT2D eigenvalue weighted by Crippen LogP contribution is 2.29. The fourth-order valence-corrected chi connectivity index (χ4v) is 1.80. The van der Waals surface area contributed by atoms with E-state index in [1.807, 2.05) is 39.0 Å². The maximum Gasteiger partial charge on any atom is 0.248 e. The first-order chi connectivity index (χ1) is 7.58. The Balaban J connectivity index is 2.46. The Morgan fingerprint density at radius 2 is 2.00 bits per heavy atom. The first kappa shape index (κ1) is 11.3. The number of nitrogens with zero attached hydrogens (tertiary/aromatic N) is 2. The monoisotopic (exact) mass is 280 g/mol. The molecule has 2 rings (SSSR count). The molecule has 0 spiro atoms. The van der Waals surface area contributed by atoms with E-state index in [0.717, 1.165) is 10.0 Å². The summed E-state index contributed by atoms with van der Waals surface area (Å²) in [4.78, 5) is 0. The molecule has 0 aliphatic rings. The lowest BCUT2D eigenvalue weighted by Gasteiger charge is -2.00. The van der Waals surface area contributed by atoms with Crippen molar-refractivity contribution in [1.29, 1.82) is 0 Å². The summed E-state index contributed by atoms with van der Waals surface area (Å²) in [5, 5.41) is 8.09. The standard InChI is InChI=1S/C12H13BrN2O/c1-7(2)11-14-15-12(16-11)9-6-8(3)4-5-10(9)13/h4-7H,1-3H3. The molecule has 1 aromatic carbocycles. The van der Waals surface area contributed by atoms with Crippen LogP contribution in [0.3, 0.4) is 0 Å². The van der Waals surface area contributed by atoms with Crippen LogP contribution in [-0.2, 0) is 0 Å². The second-order valence-corrected chi connectivity index (χ2v) is 4.94. The van der Waals surface area contributed by atoms with Gasteiger partial charge in [0.25, 0.3) is 0 Å². The molecule has 0 saturated heterocycles. The van der Waals surface area contributed by atoms with Crippen molar-refractivity contribution in [2.45, 2.75) is 26.7 Å². The normalized spacial score (nSPS) is 11.1. The first-order valence-electron chi connectivity index (χ1n) is 5.18. The molecule has 16 heavy (non-hydrogen) atoms. The Kier molecular flexibility index (Phi) is 3.10. The minimum atomic E-state index is 0.254. The van der Waals surface area contributed by atoms with E-state index in [1.54, 1.807) is 0 Å². The molecular formula is C12H13BrN2O. The summed E-state index contributed by atoms with van der Waals surface area (Å²) in [5.74, 6) is 1.49. The van der Waals surface area contributed by atoms with Crippen LogP contribution in [0.4, 0.5) is 0 Å². The fourth-order valence-electron chi connectivity index (χ4n) is 1.38. The summed E-state index contributed by atoms with van der Waals surface area (Å²) in [6.45, 7) is 6.10. The summed E-state index contributed by atoms with van der Waals surface area (Å²) < 4.78 is 6.58. The number of rotatable bonds is 2. The van der Waals surface area contributed by atoms with Crippen molar-refractivity contribution in [2.75, 3.05) is 0 Å². The number of halogens is 1. The van der Waals surface area contributed by atoms with Crippen LogP contribution in [0, 0.1) is 6.92 Å². The average molecular weight is 281 g/mol. The van der Waals surface area contributed by atoms with Crippen LogP contribution in [0.2, 0.25) is 0 Å². The molecule has 4 heteroatoms. The predicted octanol–water partition coefficient (Wildman–Crippen LogP) is 3.93. The lowest BCUT2D eigenvalue weighted by atomic mass is 10.1. The second-order valence-electron chi connectivity index (χ2n) is 4.08. The number of aryl methyl sites for hydroxylation is 1. The number of hydrogen-bond acceptors (Lipinski definition) is 3. The van der Waals surface area contributed by atoms with E-state index in [1.165, 1.54) is 5.56 Å². The zero-order chi connectivity index (χ0) is 11.7. The SMILES string of the molecule is Cc1ccc(Br)c(-c2nnc(C(C)C)o2)c1. The molecule has 0 amide bonds. The van der Waals surface area contributed by atoms with Crippen molar-refractivity contribution in [1.82, 2.24) is 10.2 Å². The highest BCUT2D eigenvalue weighted by molar-refractivity contribution is 9.10. The quantitative estimate of drug-likeness (QED) is 0.837.